The van der Waals surface area contributed by atoms with Gasteiger partial charge in [-0.2, -0.15) is 10.4 Å². The van der Waals surface area contributed by atoms with E-state index in [1.807, 2.05) is 27.7 Å². The van der Waals surface area contributed by atoms with Crippen LogP contribution in [-0.4, -0.2) is 45.3 Å². The highest BCUT2D eigenvalue weighted by Gasteiger charge is 2.32. The van der Waals surface area contributed by atoms with Crippen LogP contribution in [0.1, 0.15) is 31.7 Å². The number of rotatable bonds is 10. The summed E-state index contributed by atoms with van der Waals surface area (Å²) in [6.07, 6.45) is 11.4. The first-order valence-electron chi connectivity index (χ1n) is 11.6. The molecule has 174 valence electrons. The number of carbonyl (C=O) groups is 1. The van der Waals surface area contributed by atoms with Crippen LogP contribution < -0.4 is 0 Å². The van der Waals surface area contributed by atoms with Crippen molar-refractivity contribution in [2.75, 3.05) is 6.61 Å². The molecule has 1 aliphatic rings. The first-order valence-corrected chi connectivity index (χ1v) is 15.3. The predicted octanol–water partition coefficient (Wildman–Crippen LogP) is 4.68. The summed E-state index contributed by atoms with van der Waals surface area (Å²) in [5, 5.41) is 14.9. The van der Waals surface area contributed by atoms with Crippen LogP contribution in [0.25, 0.3) is 22.3 Å². The van der Waals surface area contributed by atoms with Gasteiger partial charge in [0.25, 0.3) is 0 Å². The maximum atomic E-state index is 11.2. The van der Waals surface area contributed by atoms with Gasteiger partial charge in [0.2, 0.25) is 0 Å². The molecule has 0 spiro atoms. The molecule has 0 amide bonds. The third-order valence-corrected chi connectivity index (χ3v) is 8.25. The number of aromatic nitrogens is 5. The van der Waals surface area contributed by atoms with E-state index in [1.54, 1.807) is 12.5 Å². The summed E-state index contributed by atoms with van der Waals surface area (Å²) < 4.78 is 9.81. The van der Waals surface area contributed by atoms with E-state index in [4.69, 9.17) is 4.74 Å². The number of hydrogen-bond acceptors (Lipinski definition) is 6. The van der Waals surface area contributed by atoms with Crippen molar-refractivity contribution < 1.29 is 9.53 Å². The Morgan fingerprint density at radius 2 is 2.18 bits per heavy atom. The van der Waals surface area contributed by atoms with E-state index >= 15 is 0 Å². The summed E-state index contributed by atoms with van der Waals surface area (Å²) in [5.41, 5.74) is 2.55. The van der Waals surface area contributed by atoms with Gasteiger partial charge >= 0.3 is 0 Å². The Labute approximate surface area is 195 Å². The van der Waals surface area contributed by atoms with Crippen LogP contribution in [-0.2, 0) is 16.3 Å². The Kier molecular flexibility index (Phi) is 7.05. The normalized spacial score (nSPS) is 19.6. The van der Waals surface area contributed by atoms with Crippen LogP contribution in [0.15, 0.2) is 31.0 Å². The molecule has 0 radical (unpaired) electrons. The van der Waals surface area contributed by atoms with E-state index in [-0.39, 0.29) is 17.9 Å². The fraction of sp³-hybridized carbons (Fsp3) is 0.542. The van der Waals surface area contributed by atoms with Crippen molar-refractivity contribution in [2.24, 2.45) is 11.8 Å². The standard InChI is InChI=1S/C24H32N6O2Si/c1-33(2,3)11-10-32-17-29-9-7-21-23(26-16-27-24(21)29)20-13-28-30(14-20)22(6-8-25)19-5-4-18(12-19)15-31/h7,9,13-16,18-19,22H,4-6,10-12,17H2,1-3H3. The second-order valence-electron chi connectivity index (χ2n) is 10.2. The van der Waals surface area contributed by atoms with Crippen LogP contribution in [0.4, 0.5) is 0 Å². The minimum Gasteiger partial charge on any atom is -0.361 e. The smallest absolute Gasteiger partial charge is 0.145 e. The molecule has 1 aliphatic carbocycles. The summed E-state index contributed by atoms with van der Waals surface area (Å²) in [4.78, 5) is 20.2. The maximum absolute atomic E-state index is 11.2. The lowest BCUT2D eigenvalue weighted by molar-refractivity contribution is -0.111. The number of carbonyl (C=O) groups excluding carboxylic acids is 1. The molecule has 3 unspecified atom stereocenters. The number of fused-ring (bicyclic) bond motifs is 1. The molecule has 3 aromatic heterocycles. The molecule has 3 aromatic rings. The molecular weight excluding hydrogens is 432 g/mol. The lowest BCUT2D eigenvalue weighted by Crippen LogP contribution is -2.22. The lowest BCUT2D eigenvalue weighted by atomic mass is 9.95. The Balaban J connectivity index is 1.53. The van der Waals surface area contributed by atoms with Crippen molar-refractivity contribution in [1.82, 2.24) is 24.3 Å². The number of nitrogens with zero attached hydrogens (tertiary/aromatic N) is 6. The van der Waals surface area contributed by atoms with Crippen LogP contribution in [0, 0.1) is 23.2 Å². The number of aldehydes is 1. The first-order chi connectivity index (χ1) is 15.9. The summed E-state index contributed by atoms with van der Waals surface area (Å²) in [6, 6.07) is 5.42. The van der Waals surface area contributed by atoms with Crippen LogP contribution in [0.3, 0.4) is 0 Å². The zero-order chi connectivity index (χ0) is 23.4. The molecule has 33 heavy (non-hydrogen) atoms. The van der Waals surface area contributed by atoms with Crippen molar-refractivity contribution >= 4 is 25.4 Å². The van der Waals surface area contributed by atoms with Gasteiger partial charge in [0, 0.05) is 43.9 Å². The number of ether oxygens (including phenoxy) is 1. The van der Waals surface area contributed by atoms with Gasteiger partial charge in [-0.05, 0) is 37.3 Å². The van der Waals surface area contributed by atoms with Gasteiger partial charge in [0.05, 0.1) is 30.4 Å². The Morgan fingerprint density at radius 1 is 1.33 bits per heavy atom. The highest BCUT2D eigenvalue weighted by Crippen LogP contribution is 2.39. The van der Waals surface area contributed by atoms with E-state index in [9.17, 15) is 10.1 Å². The Bertz CT molecular complexity index is 1140. The van der Waals surface area contributed by atoms with E-state index in [2.05, 4.69) is 40.8 Å². The quantitative estimate of drug-likeness (QED) is 0.245. The third kappa shape index (κ3) is 5.39. The second kappa shape index (κ2) is 9.97. The van der Waals surface area contributed by atoms with Crippen molar-refractivity contribution in [3.05, 3.63) is 31.0 Å². The largest absolute Gasteiger partial charge is 0.361 e. The molecule has 0 aromatic carbocycles. The molecule has 1 saturated carbocycles. The van der Waals surface area contributed by atoms with Crippen LogP contribution >= 0.6 is 0 Å². The Hall–Kier alpha value is -2.83. The van der Waals surface area contributed by atoms with Gasteiger partial charge in [0.1, 0.15) is 25.0 Å². The van der Waals surface area contributed by atoms with E-state index in [0.29, 0.717) is 13.2 Å². The van der Waals surface area contributed by atoms with Crippen LogP contribution in [0.2, 0.25) is 25.7 Å². The number of hydrogen-bond donors (Lipinski definition) is 0. The minimum absolute atomic E-state index is 0.0320. The van der Waals surface area contributed by atoms with E-state index in [1.165, 1.54) is 0 Å². The zero-order valence-corrected chi connectivity index (χ0v) is 20.6. The average molecular weight is 465 g/mol. The molecule has 0 bridgehead atoms. The Morgan fingerprint density at radius 3 is 2.91 bits per heavy atom. The fourth-order valence-corrected chi connectivity index (χ4v) is 5.37. The third-order valence-electron chi connectivity index (χ3n) is 6.55. The molecule has 0 N–H and O–H groups in total. The highest BCUT2D eigenvalue weighted by atomic mass is 28.3. The summed E-state index contributed by atoms with van der Waals surface area (Å²) >= 11 is 0. The molecule has 0 saturated heterocycles. The fourth-order valence-electron chi connectivity index (χ4n) is 4.62. The molecular formula is C24H32N6O2Si. The van der Waals surface area contributed by atoms with Gasteiger partial charge in [-0.15, -0.1) is 0 Å². The van der Waals surface area contributed by atoms with Crippen molar-refractivity contribution in [3.8, 4) is 17.3 Å². The van der Waals surface area contributed by atoms with Gasteiger partial charge in [-0.1, -0.05) is 19.6 Å². The minimum atomic E-state index is -1.12. The highest BCUT2D eigenvalue weighted by molar-refractivity contribution is 6.76. The molecule has 8 nitrogen and oxygen atoms in total. The van der Waals surface area contributed by atoms with E-state index < -0.39 is 8.07 Å². The average Bonchev–Trinajstić information content (AvgIpc) is 3.54. The summed E-state index contributed by atoms with van der Waals surface area (Å²) in [7, 11) is -1.12. The predicted molar refractivity (Wildman–Crippen MR) is 129 cm³/mol. The van der Waals surface area contributed by atoms with Crippen molar-refractivity contribution in [3.63, 3.8) is 0 Å². The first kappa shape index (κ1) is 23.3. The van der Waals surface area contributed by atoms with Gasteiger partial charge in [0.15, 0.2) is 0 Å². The van der Waals surface area contributed by atoms with E-state index in [0.717, 1.165) is 60.5 Å². The van der Waals surface area contributed by atoms with Crippen molar-refractivity contribution in [2.45, 2.75) is 64.1 Å². The van der Waals surface area contributed by atoms with Gasteiger partial charge in [-0.3, -0.25) is 4.68 Å². The molecule has 3 heterocycles. The zero-order valence-electron chi connectivity index (χ0n) is 19.6. The van der Waals surface area contributed by atoms with Crippen molar-refractivity contribution in [1.29, 1.82) is 5.26 Å². The number of nitriles is 1. The monoisotopic (exact) mass is 464 g/mol. The summed E-state index contributed by atoms with van der Waals surface area (Å²) in [5.74, 6) is 0.382. The van der Waals surface area contributed by atoms with Gasteiger partial charge in [-0.25, -0.2) is 9.97 Å². The summed E-state index contributed by atoms with van der Waals surface area (Å²) in [6.45, 7) is 8.25. The lowest BCUT2D eigenvalue weighted by Gasteiger charge is -2.21. The topological polar surface area (TPSA) is 98.6 Å². The molecule has 0 aliphatic heterocycles. The molecule has 4 rings (SSSR count). The molecule has 3 atom stereocenters. The molecule has 9 heteroatoms. The maximum Gasteiger partial charge on any atom is 0.145 e. The SMILES string of the molecule is C[Si](C)(C)CCOCn1ccc2c(-c3cnn(C(CC#N)C4CCC(C=O)C4)c3)ncnc21. The van der Waals surface area contributed by atoms with Crippen LogP contribution in [0.5, 0.6) is 0 Å². The molecule has 1 fully saturated rings. The van der Waals surface area contributed by atoms with Gasteiger partial charge < -0.3 is 14.1 Å². The second-order valence-corrected chi connectivity index (χ2v) is 15.8.